The Labute approximate surface area is 111 Å². The van der Waals surface area contributed by atoms with Crippen LogP contribution in [0.1, 0.15) is 27.9 Å². The Hall–Kier alpha value is -1.28. The van der Waals surface area contributed by atoms with Gasteiger partial charge in [0.15, 0.2) is 11.0 Å². The number of ether oxygens (including phenoxy) is 1. The zero-order valence-electron chi connectivity index (χ0n) is 10.0. The molecule has 1 aromatic rings. The average molecular weight is 298 g/mol. The van der Waals surface area contributed by atoms with Gasteiger partial charge in [-0.3, -0.25) is 0 Å². The molecule has 1 heterocycles. The lowest BCUT2D eigenvalue weighted by atomic mass is 10.3. The van der Waals surface area contributed by atoms with Crippen molar-refractivity contribution in [3.63, 3.8) is 0 Å². The van der Waals surface area contributed by atoms with Crippen molar-refractivity contribution in [3.8, 4) is 5.75 Å². The monoisotopic (exact) mass is 298 g/mol. The smallest absolute Gasteiger partial charge is 0.417 e. The summed E-state index contributed by atoms with van der Waals surface area (Å²) < 4.78 is 41.1. The van der Waals surface area contributed by atoms with Gasteiger partial charge in [0.1, 0.15) is 12.4 Å². The van der Waals surface area contributed by atoms with Gasteiger partial charge in [0.05, 0.1) is 0 Å². The van der Waals surface area contributed by atoms with Gasteiger partial charge in [0.2, 0.25) is 0 Å². The summed E-state index contributed by atoms with van der Waals surface area (Å²) >= 11 is 0.964. The first-order valence-corrected chi connectivity index (χ1v) is 6.31. The standard InChI is InChI=1S/C11H13F3O4S/c1-2-3-6-4-7(9(19-6)10(16)17)18-5-8(15)11(12,13)14/h4,8,15H,2-3,5H2,1H3,(H,16,17). The Morgan fingerprint density at radius 1 is 1.53 bits per heavy atom. The third kappa shape index (κ3) is 4.39. The molecule has 108 valence electrons. The van der Waals surface area contributed by atoms with Crippen LogP contribution < -0.4 is 4.74 Å². The van der Waals surface area contributed by atoms with Crippen LogP contribution in [0.15, 0.2) is 6.07 Å². The third-order valence-corrected chi connectivity index (χ3v) is 3.38. The third-order valence-electron chi connectivity index (χ3n) is 2.21. The number of alkyl halides is 3. The Morgan fingerprint density at radius 3 is 2.63 bits per heavy atom. The molecule has 0 spiro atoms. The van der Waals surface area contributed by atoms with Crippen molar-refractivity contribution in [2.75, 3.05) is 6.61 Å². The Balaban J connectivity index is 2.79. The van der Waals surface area contributed by atoms with Crippen LogP contribution in [-0.4, -0.2) is 35.1 Å². The summed E-state index contributed by atoms with van der Waals surface area (Å²) in [7, 11) is 0. The molecule has 0 saturated heterocycles. The number of aryl methyl sites for hydroxylation is 1. The summed E-state index contributed by atoms with van der Waals surface area (Å²) in [5.74, 6) is -1.40. The molecule has 1 unspecified atom stereocenters. The first-order valence-electron chi connectivity index (χ1n) is 5.49. The Kier molecular flexibility index (Phi) is 5.19. The minimum absolute atomic E-state index is 0.135. The van der Waals surface area contributed by atoms with Crippen molar-refractivity contribution >= 4 is 17.3 Å². The summed E-state index contributed by atoms with van der Waals surface area (Å²) in [5.41, 5.74) is 0. The van der Waals surface area contributed by atoms with Gasteiger partial charge in [0, 0.05) is 4.88 Å². The predicted octanol–water partition coefficient (Wildman–Crippen LogP) is 2.70. The highest BCUT2D eigenvalue weighted by Gasteiger charge is 2.39. The van der Waals surface area contributed by atoms with Crippen molar-refractivity contribution in [1.29, 1.82) is 0 Å². The summed E-state index contributed by atoms with van der Waals surface area (Å²) in [4.78, 5) is 11.5. The van der Waals surface area contributed by atoms with Crippen LogP contribution in [0.4, 0.5) is 13.2 Å². The van der Waals surface area contributed by atoms with E-state index in [1.165, 1.54) is 6.07 Å². The van der Waals surface area contributed by atoms with Crippen LogP contribution >= 0.6 is 11.3 Å². The number of halogens is 3. The molecule has 0 bridgehead atoms. The number of aromatic carboxylic acids is 1. The fraction of sp³-hybridized carbons (Fsp3) is 0.545. The average Bonchev–Trinajstić information content (AvgIpc) is 2.68. The minimum Gasteiger partial charge on any atom is -0.489 e. The molecule has 1 rings (SSSR count). The molecule has 0 aliphatic carbocycles. The lowest BCUT2D eigenvalue weighted by molar-refractivity contribution is -0.210. The number of aliphatic hydroxyl groups excluding tert-OH is 1. The minimum atomic E-state index is -4.79. The van der Waals surface area contributed by atoms with Crippen LogP contribution in [0.2, 0.25) is 0 Å². The van der Waals surface area contributed by atoms with Crippen LogP contribution in [0.25, 0.3) is 0 Å². The van der Waals surface area contributed by atoms with E-state index < -0.39 is 24.9 Å². The molecule has 19 heavy (non-hydrogen) atoms. The number of carboxylic acid groups (broad SMARTS) is 1. The highest BCUT2D eigenvalue weighted by atomic mass is 32.1. The number of aliphatic hydroxyl groups is 1. The topological polar surface area (TPSA) is 66.8 Å². The Bertz CT molecular complexity index is 442. The second kappa shape index (κ2) is 6.25. The van der Waals surface area contributed by atoms with Gasteiger partial charge in [-0.2, -0.15) is 13.2 Å². The molecular formula is C11H13F3O4S. The molecule has 2 N–H and O–H groups in total. The van der Waals surface area contributed by atoms with E-state index >= 15 is 0 Å². The van der Waals surface area contributed by atoms with Gasteiger partial charge in [0.25, 0.3) is 0 Å². The highest BCUT2D eigenvalue weighted by molar-refractivity contribution is 7.14. The van der Waals surface area contributed by atoms with Crippen molar-refractivity contribution in [2.24, 2.45) is 0 Å². The quantitative estimate of drug-likeness (QED) is 0.847. The van der Waals surface area contributed by atoms with E-state index in [0.29, 0.717) is 6.42 Å². The first kappa shape index (κ1) is 15.8. The van der Waals surface area contributed by atoms with Gasteiger partial charge in [-0.25, -0.2) is 4.79 Å². The number of hydrogen-bond acceptors (Lipinski definition) is 4. The normalized spacial score (nSPS) is 13.3. The fourth-order valence-corrected chi connectivity index (χ4v) is 2.35. The zero-order valence-corrected chi connectivity index (χ0v) is 10.8. The van der Waals surface area contributed by atoms with Crippen LogP contribution in [0.3, 0.4) is 0 Å². The van der Waals surface area contributed by atoms with Crippen LogP contribution in [-0.2, 0) is 6.42 Å². The summed E-state index contributed by atoms with van der Waals surface area (Å²) in [6.45, 7) is 0.875. The summed E-state index contributed by atoms with van der Waals surface area (Å²) in [6, 6.07) is 1.40. The van der Waals surface area contributed by atoms with Gasteiger partial charge in [-0.15, -0.1) is 11.3 Å². The van der Waals surface area contributed by atoms with E-state index in [1.54, 1.807) is 0 Å². The molecule has 0 aliphatic rings. The van der Waals surface area contributed by atoms with E-state index in [9.17, 15) is 18.0 Å². The van der Waals surface area contributed by atoms with Crippen molar-refractivity contribution in [3.05, 3.63) is 15.8 Å². The fourth-order valence-electron chi connectivity index (χ4n) is 1.31. The largest absolute Gasteiger partial charge is 0.489 e. The SMILES string of the molecule is CCCc1cc(OCC(O)C(F)(F)F)c(C(=O)O)s1. The molecular weight excluding hydrogens is 285 g/mol. The van der Waals surface area contributed by atoms with E-state index in [2.05, 4.69) is 0 Å². The molecule has 1 aromatic heterocycles. The van der Waals surface area contributed by atoms with E-state index in [-0.39, 0.29) is 10.6 Å². The number of carbonyl (C=O) groups is 1. The Morgan fingerprint density at radius 2 is 2.16 bits per heavy atom. The number of rotatable bonds is 6. The second-order valence-corrected chi connectivity index (χ2v) is 4.97. The molecule has 0 radical (unpaired) electrons. The van der Waals surface area contributed by atoms with E-state index in [4.69, 9.17) is 14.9 Å². The maximum atomic E-state index is 12.1. The first-order chi connectivity index (χ1) is 8.75. The van der Waals surface area contributed by atoms with Crippen molar-refractivity contribution in [1.82, 2.24) is 0 Å². The molecule has 0 amide bonds. The van der Waals surface area contributed by atoms with E-state index in [0.717, 1.165) is 22.6 Å². The maximum absolute atomic E-state index is 12.1. The lowest BCUT2D eigenvalue weighted by Gasteiger charge is -2.14. The molecule has 0 fully saturated rings. The number of hydrogen-bond donors (Lipinski definition) is 2. The summed E-state index contributed by atoms with van der Waals surface area (Å²) in [6.07, 6.45) is -6.02. The second-order valence-electron chi connectivity index (χ2n) is 3.83. The van der Waals surface area contributed by atoms with Crippen molar-refractivity contribution < 1.29 is 32.9 Å². The molecule has 0 aromatic carbocycles. The van der Waals surface area contributed by atoms with E-state index in [1.807, 2.05) is 6.92 Å². The van der Waals surface area contributed by atoms with Gasteiger partial charge in [-0.05, 0) is 12.5 Å². The molecule has 0 saturated carbocycles. The van der Waals surface area contributed by atoms with Crippen LogP contribution in [0.5, 0.6) is 5.75 Å². The molecule has 0 aliphatic heterocycles. The lowest BCUT2D eigenvalue weighted by Crippen LogP contribution is -2.34. The van der Waals surface area contributed by atoms with Gasteiger partial charge in [-0.1, -0.05) is 13.3 Å². The summed E-state index contributed by atoms with van der Waals surface area (Å²) in [5, 5.41) is 17.7. The maximum Gasteiger partial charge on any atom is 0.417 e. The molecule has 1 atom stereocenters. The highest BCUT2D eigenvalue weighted by Crippen LogP contribution is 2.31. The van der Waals surface area contributed by atoms with Gasteiger partial charge >= 0.3 is 12.1 Å². The predicted molar refractivity (Wildman–Crippen MR) is 62.8 cm³/mol. The van der Waals surface area contributed by atoms with Crippen LogP contribution in [0, 0.1) is 0 Å². The number of carboxylic acids is 1. The number of thiophene rings is 1. The van der Waals surface area contributed by atoms with Crippen molar-refractivity contribution in [2.45, 2.75) is 32.0 Å². The molecule has 8 heteroatoms. The van der Waals surface area contributed by atoms with Gasteiger partial charge < -0.3 is 14.9 Å². The molecule has 4 nitrogen and oxygen atoms in total. The zero-order chi connectivity index (χ0) is 14.6.